The second-order valence-electron chi connectivity index (χ2n) is 11.3. The van der Waals surface area contributed by atoms with Gasteiger partial charge >= 0.3 is 0 Å². The lowest BCUT2D eigenvalue weighted by Crippen LogP contribution is -2.32. The molecule has 40 heavy (non-hydrogen) atoms. The highest BCUT2D eigenvalue weighted by Crippen LogP contribution is 2.27. The summed E-state index contributed by atoms with van der Waals surface area (Å²) in [6, 6.07) is 27.0. The van der Waals surface area contributed by atoms with E-state index in [4.69, 9.17) is 0 Å². The lowest BCUT2D eigenvalue weighted by Gasteiger charge is -2.07. The van der Waals surface area contributed by atoms with Crippen molar-refractivity contribution in [2.75, 3.05) is 0 Å². The standard InChI is InChI=1S/C38H50N2/c1-3-5-7-9-11-13-27-39-29-23-37(24-30-39)35-19-15-33(16-20-35)34-17-21-36(22-18-34)38-25-31-40(32-26-38)28-14-12-10-8-6-4-2/h15-26,29-32H,3-14,27-28H2,1-2H3/q+2. The zero-order valence-electron chi connectivity index (χ0n) is 25.0. The van der Waals surface area contributed by atoms with Gasteiger partial charge in [-0.05, 0) is 46.2 Å². The average molecular weight is 535 g/mol. The summed E-state index contributed by atoms with van der Waals surface area (Å²) in [5.41, 5.74) is 7.61. The van der Waals surface area contributed by atoms with Gasteiger partial charge in [-0.25, -0.2) is 9.13 Å². The molecule has 2 nitrogen and oxygen atoms in total. The van der Waals surface area contributed by atoms with Crippen molar-refractivity contribution in [2.45, 2.75) is 104 Å². The highest BCUT2D eigenvalue weighted by atomic mass is 14.9. The van der Waals surface area contributed by atoms with Crippen LogP contribution in [-0.4, -0.2) is 0 Å². The van der Waals surface area contributed by atoms with Crippen LogP contribution in [0.2, 0.25) is 0 Å². The minimum Gasteiger partial charge on any atom is -0.205 e. The maximum atomic E-state index is 2.32. The molecule has 2 aromatic carbocycles. The summed E-state index contributed by atoms with van der Waals surface area (Å²) >= 11 is 0. The van der Waals surface area contributed by atoms with Crippen molar-refractivity contribution in [3.8, 4) is 33.4 Å². The number of hydrogen-bond donors (Lipinski definition) is 0. The second-order valence-corrected chi connectivity index (χ2v) is 11.3. The molecular weight excluding hydrogens is 484 g/mol. The summed E-state index contributed by atoms with van der Waals surface area (Å²) in [7, 11) is 0. The van der Waals surface area contributed by atoms with E-state index in [2.05, 4.69) is 121 Å². The first-order valence-corrected chi connectivity index (χ1v) is 16.0. The van der Waals surface area contributed by atoms with Crippen LogP contribution in [-0.2, 0) is 13.1 Å². The molecule has 2 heterocycles. The normalized spacial score (nSPS) is 11.2. The molecule has 0 aliphatic heterocycles. The van der Waals surface area contributed by atoms with Crippen LogP contribution in [0.3, 0.4) is 0 Å². The van der Waals surface area contributed by atoms with Crippen LogP contribution in [0.1, 0.15) is 90.9 Å². The van der Waals surface area contributed by atoms with E-state index in [1.165, 1.54) is 110 Å². The quantitative estimate of drug-likeness (QED) is 0.0940. The molecule has 0 bridgehead atoms. The lowest BCUT2D eigenvalue weighted by molar-refractivity contribution is -0.697. The van der Waals surface area contributed by atoms with Crippen molar-refractivity contribution in [3.63, 3.8) is 0 Å². The molecule has 2 heteroatoms. The first kappa shape index (κ1) is 29.7. The topological polar surface area (TPSA) is 7.76 Å². The van der Waals surface area contributed by atoms with Crippen LogP contribution < -0.4 is 9.13 Å². The van der Waals surface area contributed by atoms with Gasteiger partial charge in [0, 0.05) is 37.1 Å². The molecule has 4 aromatic rings. The maximum absolute atomic E-state index is 2.32. The summed E-state index contributed by atoms with van der Waals surface area (Å²) in [5.74, 6) is 0. The van der Waals surface area contributed by atoms with E-state index in [1.54, 1.807) is 0 Å². The highest BCUT2D eigenvalue weighted by Gasteiger charge is 2.07. The number of nitrogens with zero attached hydrogens (tertiary/aromatic N) is 2. The summed E-state index contributed by atoms with van der Waals surface area (Å²) in [4.78, 5) is 0. The van der Waals surface area contributed by atoms with Crippen molar-refractivity contribution in [3.05, 3.63) is 97.6 Å². The van der Waals surface area contributed by atoms with E-state index in [-0.39, 0.29) is 0 Å². The molecule has 0 aliphatic carbocycles. The Hall–Kier alpha value is -3.26. The molecule has 0 spiro atoms. The third kappa shape index (κ3) is 9.44. The SMILES string of the molecule is CCCCCCCC[n+]1ccc(-c2ccc(-c3ccc(-c4cc[n+](CCCCCCCC)cc4)cc3)cc2)cc1. The Labute approximate surface area is 243 Å². The van der Waals surface area contributed by atoms with Crippen LogP contribution in [0.4, 0.5) is 0 Å². The van der Waals surface area contributed by atoms with Crippen LogP contribution in [0.5, 0.6) is 0 Å². The van der Waals surface area contributed by atoms with Gasteiger partial charge in [0.05, 0.1) is 0 Å². The minimum absolute atomic E-state index is 1.11. The Kier molecular flexibility index (Phi) is 12.4. The molecule has 0 saturated heterocycles. The molecule has 0 aliphatic rings. The summed E-state index contributed by atoms with van der Waals surface area (Å²) in [5, 5.41) is 0. The van der Waals surface area contributed by atoms with Gasteiger partial charge in [-0.3, -0.25) is 0 Å². The molecule has 0 N–H and O–H groups in total. The Balaban J connectivity index is 1.27. The van der Waals surface area contributed by atoms with E-state index in [0.717, 1.165) is 13.1 Å². The lowest BCUT2D eigenvalue weighted by atomic mass is 9.98. The van der Waals surface area contributed by atoms with E-state index in [0.29, 0.717) is 0 Å². The number of pyridine rings is 2. The van der Waals surface area contributed by atoms with E-state index >= 15 is 0 Å². The monoisotopic (exact) mass is 534 g/mol. The molecule has 0 radical (unpaired) electrons. The molecular formula is C38H50N2+2. The largest absolute Gasteiger partial charge is 0.205 e. The number of benzene rings is 2. The molecule has 0 amide bonds. The third-order valence-corrected chi connectivity index (χ3v) is 8.09. The fourth-order valence-electron chi connectivity index (χ4n) is 5.46. The zero-order chi connectivity index (χ0) is 27.8. The van der Waals surface area contributed by atoms with Crippen LogP contribution in [0.25, 0.3) is 33.4 Å². The fraction of sp³-hybridized carbons (Fsp3) is 0.421. The summed E-state index contributed by atoms with van der Waals surface area (Å²) in [6.07, 6.45) is 25.0. The van der Waals surface area contributed by atoms with Gasteiger partial charge in [0.25, 0.3) is 0 Å². The van der Waals surface area contributed by atoms with Gasteiger partial charge in [0.2, 0.25) is 0 Å². The van der Waals surface area contributed by atoms with Gasteiger partial charge < -0.3 is 0 Å². The van der Waals surface area contributed by atoms with E-state index in [1.807, 2.05) is 0 Å². The van der Waals surface area contributed by atoms with Crippen molar-refractivity contribution < 1.29 is 9.13 Å². The predicted molar refractivity (Wildman–Crippen MR) is 170 cm³/mol. The minimum atomic E-state index is 1.11. The number of unbranched alkanes of at least 4 members (excludes halogenated alkanes) is 10. The highest BCUT2D eigenvalue weighted by molar-refractivity contribution is 5.72. The van der Waals surface area contributed by atoms with Crippen molar-refractivity contribution in [2.24, 2.45) is 0 Å². The van der Waals surface area contributed by atoms with Gasteiger partial charge in [0.1, 0.15) is 13.1 Å². The van der Waals surface area contributed by atoms with Crippen LogP contribution >= 0.6 is 0 Å². The van der Waals surface area contributed by atoms with Gasteiger partial charge in [-0.2, -0.15) is 0 Å². The Morgan fingerprint density at radius 2 is 0.575 bits per heavy atom. The van der Waals surface area contributed by atoms with Crippen molar-refractivity contribution in [1.82, 2.24) is 0 Å². The molecule has 4 rings (SSSR count). The summed E-state index contributed by atoms with van der Waals surface area (Å²) in [6.45, 7) is 6.78. The molecule has 2 aromatic heterocycles. The summed E-state index contributed by atoms with van der Waals surface area (Å²) < 4.78 is 4.64. The second kappa shape index (κ2) is 16.8. The molecule has 0 unspecified atom stereocenters. The smallest absolute Gasteiger partial charge is 0.169 e. The first-order valence-electron chi connectivity index (χ1n) is 16.0. The first-order chi connectivity index (χ1) is 19.8. The van der Waals surface area contributed by atoms with Gasteiger partial charge in [0.15, 0.2) is 24.8 Å². The Morgan fingerprint density at radius 1 is 0.325 bits per heavy atom. The van der Waals surface area contributed by atoms with E-state index < -0.39 is 0 Å². The van der Waals surface area contributed by atoms with Crippen molar-refractivity contribution >= 4 is 0 Å². The number of aryl methyl sites for hydroxylation is 2. The predicted octanol–water partition coefficient (Wildman–Crippen LogP) is 9.98. The van der Waals surface area contributed by atoms with Crippen molar-refractivity contribution in [1.29, 1.82) is 0 Å². The Morgan fingerprint density at radius 3 is 0.875 bits per heavy atom. The number of rotatable bonds is 17. The third-order valence-electron chi connectivity index (χ3n) is 8.09. The van der Waals surface area contributed by atoms with Gasteiger partial charge in [-0.1, -0.05) is 114 Å². The van der Waals surface area contributed by atoms with E-state index in [9.17, 15) is 0 Å². The number of aromatic nitrogens is 2. The molecule has 210 valence electrons. The van der Waals surface area contributed by atoms with Crippen LogP contribution in [0, 0.1) is 0 Å². The maximum Gasteiger partial charge on any atom is 0.169 e. The molecule has 0 saturated carbocycles. The fourth-order valence-corrected chi connectivity index (χ4v) is 5.46. The molecule has 0 fully saturated rings. The van der Waals surface area contributed by atoms with Crippen LogP contribution in [0.15, 0.2) is 97.6 Å². The Bertz CT molecular complexity index is 1120. The number of hydrogen-bond acceptors (Lipinski definition) is 0. The molecule has 0 atom stereocenters. The zero-order valence-corrected chi connectivity index (χ0v) is 25.0. The van der Waals surface area contributed by atoms with Gasteiger partial charge in [-0.15, -0.1) is 0 Å². The average Bonchev–Trinajstić information content (AvgIpc) is 3.01.